The van der Waals surface area contributed by atoms with Crippen molar-refractivity contribution in [2.75, 3.05) is 0 Å². The molecule has 2 aromatic rings. The lowest BCUT2D eigenvalue weighted by Gasteiger charge is -2.02. The van der Waals surface area contributed by atoms with Gasteiger partial charge in [0.1, 0.15) is 11.6 Å². The summed E-state index contributed by atoms with van der Waals surface area (Å²) in [4.78, 5) is 11.3. The first-order valence-corrected chi connectivity index (χ1v) is 4.27. The van der Waals surface area contributed by atoms with Crippen molar-refractivity contribution >= 4 is 11.0 Å². The molecule has 0 aliphatic heterocycles. The topological polar surface area (TPSA) is 54.0 Å². The molecular weight excluding hydrogens is 197 g/mol. The molecule has 0 fully saturated rings. The molecule has 1 aromatic carbocycles. The fourth-order valence-corrected chi connectivity index (χ4v) is 1.47. The minimum absolute atomic E-state index is 0.0758. The SMILES string of the molecule is Cc1c(C#N)c(=O)oc2c(F)cccc12. The molecule has 4 heteroatoms. The van der Waals surface area contributed by atoms with Crippen molar-refractivity contribution in [2.45, 2.75) is 6.92 Å². The number of nitriles is 1. The summed E-state index contributed by atoms with van der Waals surface area (Å²) in [5, 5.41) is 9.17. The van der Waals surface area contributed by atoms with Crippen molar-refractivity contribution in [3.63, 3.8) is 0 Å². The zero-order chi connectivity index (χ0) is 11.0. The zero-order valence-corrected chi connectivity index (χ0v) is 7.87. The van der Waals surface area contributed by atoms with E-state index in [0.29, 0.717) is 10.9 Å². The number of halogens is 1. The Balaban J connectivity index is 3.06. The molecule has 2 rings (SSSR count). The zero-order valence-electron chi connectivity index (χ0n) is 7.87. The van der Waals surface area contributed by atoms with Gasteiger partial charge in [0.15, 0.2) is 11.4 Å². The lowest BCUT2D eigenvalue weighted by atomic mass is 10.1. The summed E-state index contributed by atoms with van der Waals surface area (Å²) in [6.45, 7) is 1.59. The molecule has 1 aromatic heterocycles. The second-order valence-electron chi connectivity index (χ2n) is 3.12. The predicted octanol–water partition coefficient (Wildman–Crippen LogP) is 2.11. The Kier molecular flexibility index (Phi) is 2.01. The van der Waals surface area contributed by atoms with E-state index in [1.54, 1.807) is 19.1 Å². The molecule has 3 nitrogen and oxygen atoms in total. The molecule has 0 saturated heterocycles. The highest BCUT2D eigenvalue weighted by molar-refractivity contribution is 5.82. The highest BCUT2D eigenvalue weighted by Crippen LogP contribution is 2.20. The smallest absolute Gasteiger partial charge is 0.354 e. The van der Waals surface area contributed by atoms with E-state index in [1.165, 1.54) is 12.1 Å². The van der Waals surface area contributed by atoms with Gasteiger partial charge in [-0.3, -0.25) is 0 Å². The second-order valence-corrected chi connectivity index (χ2v) is 3.12. The summed E-state index contributed by atoms with van der Waals surface area (Å²) in [5.74, 6) is -0.600. The van der Waals surface area contributed by atoms with Crippen molar-refractivity contribution < 1.29 is 8.81 Å². The number of nitrogens with zero attached hydrogens (tertiary/aromatic N) is 1. The normalized spacial score (nSPS) is 10.2. The Morgan fingerprint density at radius 3 is 2.87 bits per heavy atom. The lowest BCUT2D eigenvalue weighted by molar-refractivity contribution is 0.521. The summed E-state index contributed by atoms with van der Waals surface area (Å²) in [6, 6.07) is 6.07. The van der Waals surface area contributed by atoms with Crippen LogP contribution in [0.25, 0.3) is 11.0 Å². The van der Waals surface area contributed by atoms with Gasteiger partial charge in [0, 0.05) is 5.39 Å². The molecule has 15 heavy (non-hydrogen) atoms. The number of benzene rings is 1. The molecule has 0 N–H and O–H groups in total. The summed E-state index contributed by atoms with van der Waals surface area (Å²) >= 11 is 0. The van der Waals surface area contributed by atoms with Gasteiger partial charge in [-0.2, -0.15) is 5.26 Å². The molecular formula is C11H6FNO2. The number of aryl methyl sites for hydroxylation is 1. The minimum atomic E-state index is -0.799. The number of fused-ring (bicyclic) bond motifs is 1. The van der Waals surface area contributed by atoms with E-state index in [1.807, 2.05) is 0 Å². The van der Waals surface area contributed by atoms with Crippen LogP contribution in [0.4, 0.5) is 4.39 Å². The molecule has 0 bridgehead atoms. The van der Waals surface area contributed by atoms with Gasteiger partial charge >= 0.3 is 5.63 Å². The van der Waals surface area contributed by atoms with E-state index >= 15 is 0 Å². The van der Waals surface area contributed by atoms with Crippen molar-refractivity contribution in [3.05, 3.63) is 45.6 Å². The van der Waals surface area contributed by atoms with E-state index in [0.717, 1.165) is 0 Å². The molecule has 0 unspecified atom stereocenters. The molecule has 0 atom stereocenters. The first-order valence-electron chi connectivity index (χ1n) is 4.27. The van der Waals surface area contributed by atoms with Crippen molar-refractivity contribution in [2.24, 2.45) is 0 Å². The highest BCUT2D eigenvalue weighted by Gasteiger charge is 2.12. The van der Waals surface area contributed by atoms with Crippen LogP contribution in [0.2, 0.25) is 0 Å². The highest BCUT2D eigenvalue weighted by atomic mass is 19.1. The molecule has 0 amide bonds. The Morgan fingerprint density at radius 2 is 2.20 bits per heavy atom. The van der Waals surface area contributed by atoms with Gasteiger partial charge in [0.2, 0.25) is 0 Å². The maximum atomic E-state index is 13.3. The molecule has 0 radical (unpaired) electrons. The molecule has 0 aliphatic rings. The number of para-hydroxylation sites is 1. The van der Waals surface area contributed by atoms with Crippen LogP contribution < -0.4 is 5.63 Å². The van der Waals surface area contributed by atoms with Gasteiger partial charge in [-0.15, -0.1) is 0 Å². The van der Waals surface area contributed by atoms with Gasteiger partial charge < -0.3 is 4.42 Å². The second kappa shape index (κ2) is 3.21. The first kappa shape index (κ1) is 9.41. The fraction of sp³-hybridized carbons (Fsp3) is 0.0909. The van der Waals surface area contributed by atoms with Gasteiger partial charge in [-0.05, 0) is 18.6 Å². The summed E-state index contributed by atoms with van der Waals surface area (Å²) in [7, 11) is 0. The van der Waals surface area contributed by atoms with Gasteiger partial charge in [-0.1, -0.05) is 12.1 Å². The van der Waals surface area contributed by atoms with E-state index in [9.17, 15) is 9.18 Å². The molecule has 74 valence electrons. The Hall–Kier alpha value is -2.15. The van der Waals surface area contributed by atoms with Crippen LogP contribution in [0.1, 0.15) is 11.1 Å². The number of hydrogen-bond donors (Lipinski definition) is 0. The standard InChI is InChI=1S/C11H6FNO2/c1-6-7-3-2-4-9(12)10(7)15-11(14)8(6)5-13/h2-4H,1H3. The van der Waals surface area contributed by atoms with Gasteiger partial charge in [0.25, 0.3) is 0 Å². The average Bonchev–Trinajstić information content (AvgIpc) is 2.20. The van der Waals surface area contributed by atoms with Crippen LogP contribution in [0.5, 0.6) is 0 Å². The maximum absolute atomic E-state index is 13.3. The number of hydrogen-bond acceptors (Lipinski definition) is 3. The lowest BCUT2D eigenvalue weighted by Crippen LogP contribution is -2.07. The van der Waals surface area contributed by atoms with Crippen LogP contribution in [-0.2, 0) is 0 Å². The van der Waals surface area contributed by atoms with Gasteiger partial charge in [-0.25, -0.2) is 9.18 Å². The van der Waals surface area contributed by atoms with Crippen molar-refractivity contribution in [3.8, 4) is 6.07 Å². The van der Waals surface area contributed by atoms with Crippen molar-refractivity contribution in [1.82, 2.24) is 0 Å². The van der Waals surface area contributed by atoms with Crippen LogP contribution in [0.15, 0.2) is 27.4 Å². The Labute approximate surface area is 84.4 Å². The van der Waals surface area contributed by atoms with E-state index in [-0.39, 0.29) is 11.1 Å². The van der Waals surface area contributed by atoms with Crippen LogP contribution >= 0.6 is 0 Å². The minimum Gasteiger partial charge on any atom is -0.419 e. The van der Waals surface area contributed by atoms with Crippen LogP contribution in [0, 0.1) is 24.1 Å². The fourth-order valence-electron chi connectivity index (χ4n) is 1.47. The molecule has 1 heterocycles. The first-order chi connectivity index (χ1) is 7.15. The maximum Gasteiger partial charge on any atom is 0.354 e. The third-order valence-electron chi connectivity index (χ3n) is 2.26. The van der Waals surface area contributed by atoms with E-state index in [4.69, 9.17) is 9.68 Å². The summed E-state index contributed by atoms with van der Waals surface area (Å²) in [5.41, 5.74) is -0.525. The molecule has 0 aliphatic carbocycles. The Bertz CT molecular complexity index is 637. The molecule has 0 spiro atoms. The largest absolute Gasteiger partial charge is 0.419 e. The van der Waals surface area contributed by atoms with Gasteiger partial charge in [0.05, 0.1) is 0 Å². The quantitative estimate of drug-likeness (QED) is 0.616. The van der Waals surface area contributed by atoms with Crippen LogP contribution in [0.3, 0.4) is 0 Å². The average molecular weight is 203 g/mol. The monoisotopic (exact) mass is 203 g/mol. The third kappa shape index (κ3) is 1.29. The number of rotatable bonds is 0. The van der Waals surface area contributed by atoms with Crippen LogP contribution in [-0.4, -0.2) is 0 Å². The third-order valence-corrected chi connectivity index (χ3v) is 2.26. The summed E-state index contributed by atoms with van der Waals surface area (Å²) < 4.78 is 18.0. The predicted molar refractivity (Wildman–Crippen MR) is 51.9 cm³/mol. The molecule has 0 saturated carbocycles. The van der Waals surface area contributed by atoms with Crippen molar-refractivity contribution in [1.29, 1.82) is 5.26 Å². The van der Waals surface area contributed by atoms with E-state index in [2.05, 4.69) is 0 Å². The van der Waals surface area contributed by atoms with E-state index < -0.39 is 11.4 Å². The Morgan fingerprint density at radius 1 is 1.47 bits per heavy atom. The summed E-state index contributed by atoms with van der Waals surface area (Å²) in [6.07, 6.45) is 0.